The number of imidazole rings is 2. The standard InChI is InChI=1S/C20H20N6O5/c1-22-17-16(18(27)23(2)20(22)28)25-11-15(12-5-7-13(8-6-12)26(29)30)24(19(25)21-17)10-14-4-3-9-31-14/h5-8,11,14H,3-4,9-10H2,1-2H3/t14-/m0/s1. The second kappa shape index (κ2) is 6.91. The average molecular weight is 424 g/mol. The van der Waals surface area contributed by atoms with Crippen molar-refractivity contribution >= 4 is 22.6 Å². The van der Waals surface area contributed by atoms with Gasteiger partial charge in [-0.2, -0.15) is 4.98 Å². The van der Waals surface area contributed by atoms with E-state index in [1.807, 2.05) is 4.57 Å². The van der Waals surface area contributed by atoms with E-state index in [4.69, 9.17) is 4.74 Å². The number of aromatic nitrogens is 5. The first-order valence-corrected chi connectivity index (χ1v) is 9.90. The van der Waals surface area contributed by atoms with Crippen LogP contribution in [0, 0.1) is 10.1 Å². The van der Waals surface area contributed by atoms with Crippen LogP contribution in [0.5, 0.6) is 0 Å². The smallest absolute Gasteiger partial charge is 0.332 e. The van der Waals surface area contributed by atoms with Gasteiger partial charge in [0.15, 0.2) is 11.2 Å². The van der Waals surface area contributed by atoms with Crippen molar-refractivity contribution < 1.29 is 9.66 Å². The second-order valence-electron chi connectivity index (χ2n) is 7.72. The Labute approximate surface area is 174 Å². The number of hydrogen-bond acceptors (Lipinski definition) is 6. The molecule has 1 fully saturated rings. The van der Waals surface area contributed by atoms with Crippen molar-refractivity contribution in [3.63, 3.8) is 0 Å². The molecule has 31 heavy (non-hydrogen) atoms. The summed E-state index contributed by atoms with van der Waals surface area (Å²) in [6.07, 6.45) is 3.66. The van der Waals surface area contributed by atoms with Gasteiger partial charge >= 0.3 is 5.69 Å². The van der Waals surface area contributed by atoms with E-state index in [2.05, 4.69) is 4.98 Å². The van der Waals surface area contributed by atoms with Gasteiger partial charge in [-0.3, -0.25) is 28.4 Å². The third-order valence-electron chi connectivity index (χ3n) is 5.84. The molecule has 4 aromatic rings. The Morgan fingerprint density at radius 2 is 1.94 bits per heavy atom. The summed E-state index contributed by atoms with van der Waals surface area (Å²) in [5.41, 5.74) is 1.23. The summed E-state index contributed by atoms with van der Waals surface area (Å²) in [6, 6.07) is 6.24. The molecule has 0 aliphatic carbocycles. The van der Waals surface area contributed by atoms with Crippen molar-refractivity contribution in [2.45, 2.75) is 25.5 Å². The van der Waals surface area contributed by atoms with Gasteiger partial charge in [0.25, 0.3) is 11.2 Å². The summed E-state index contributed by atoms with van der Waals surface area (Å²) in [5, 5.41) is 11.0. The third kappa shape index (κ3) is 2.88. The van der Waals surface area contributed by atoms with Crippen LogP contribution in [0.1, 0.15) is 12.8 Å². The highest BCUT2D eigenvalue weighted by Gasteiger charge is 2.24. The van der Waals surface area contributed by atoms with E-state index in [0.29, 0.717) is 30.1 Å². The van der Waals surface area contributed by atoms with Crippen LogP contribution in [-0.4, -0.2) is 40.7 Å². The van der Waals surface area contributed by atoms with Gasteiger partial charge < -0.3 is 9.30 Å². The summed E-state index contributed by atoms with van der Waals surface area (Å²) in [5.74, 6) is 0.511. The number of non-ortho nitro benzene ring substituents is 1. The molecule has 1 saturated heterocycles. The number of nitrogens with zero attached hydrogens (tertiary/aromatic N) is 6. The van der Waals surface area contributed by atoms with Crippen LogP contribution in [0.2, 0.25) is 0 Å². The van der Waals surface area contributed by atoms with E-state index < -0.39 is 16.2 Å². The van der Waals surface area contributed by atoms with Crippen molar-refractivity contribution in [3.8, 4) is 11.3 Å². The zero-order valence-electron chi connectivity index (χ0n) is 17.0. The Bertz CT molecular complexity index is 1450. The number of benzene rings is 1. The Hall–Kier alpha value is -3.73. The monoisotopic (exact) mass is 424 g/mol. The van der Waals surface area contributed by atoms with Crippen LogP contribution in [0.25, 0.3) is 28.2 Å². The van der Waals surface area contributed by atoms with Gasteiger partial charge in [-0.25, -0.2) is 4.79 Å². The first-order valence-electron chi connectivity index (χ1n) is 9.90. The molecule has 0 unspecified atom stereocenters. The number of rotatable bonds is 4. The number of fused-ring (bicyclic) bond motifs is 3. The molecule has 4 heterocycles. The van der Waals surface area contributed by atoms with Crippen molar-refractivity contribution in [2.24, 2.45) is 14.1 Å². The Morgan fingerprint density at radius 1 is 1.19 bits per heavy atom. The number of aryl methyl sites for hydroxylation is 1. The molecule has 0 saturated carbocycles. The molecule has 0 radical (unpaired) electrons. The number of ether oxygens (including phenoxy) is 1. The predicted molar refractivity (Wildman–Crippen MR) is 112 cm³/mol. The Kier molecular flexibility index (Phi) is 4.29. The lowest BCUT2D eigenvalue weighted by Gasteiger charge is -2.13. The molecule has 11 nitrogen and oxygen atoms in total. The van der Waals surface area contributed by atoms with Gasteiger partial charge in [0.2, 0.25) is 5.78 Å². The van der Waals surface area contributed by atoms with Gasteiger partial charge in [0, 0.05) is 44.6 Å². The molecule has 0 spiro atoms. The van der Waals surface area contributed by atoms with E-state index in [9.17, 15) is 19.7 Å². The fourth-order valence-corrected chi connectivity index (χ4v) is 4.17. The fourth-order valence-electron chi connectivity index (χ4n) is 4.17. The molecule has 0 N–H and O–H groups in total. The number of hydrogen-bond donors (Lipinski definition) is 0. The maximum absolute atomic E-state index is 12.9. The second-order valence-corrected chi connectivity index (χ2v) is 7.72. The molecular formula is C20H20N6O5. The molecule has 0 bridgehead atoms. The van der Waals surface area contributed by atoms with E-state index >= 15 is 0 Å². The zero-order chi connectivity index (χ0) is 21.9. The summed E-state index contributed by atoms with van der Waals surface area (Å²) in [4.78, 5) is 40.4. The van der Waals surface area contributed by atoms with Crippen molar-refractivity contribution in [1.82, 2.24) is 23.1 Å². The van der Waals surface area contributed by atoms with Gasteiger partial charge in [-0.1, -0.05) is 0 Å². The lowest BCUT2D eigenvalue weighted by Crippen LogP contribution is -2.37. The van der Waals surface area contributed by atoms with Crippen LogP contribution in [0.4, 0.5) is 5.69 Å². The SMILES string of the molecule is Cn1c(=O)c2c(nc3n(C[C@@H]4CCCO4)c(-c4ccc([N+](=O)[O-])cc4)cn23)n(C)c1=O. The molecule has 160 valence electrons. The lowest BCUT2D eigenvalue weighted by atomic mass is 10.1. The lowest BCUT2D eigenvalue weighted by molar-refractivity contribution is -0.384. The fraction of sp³-hybridized carbons (Fsp3) is 0.350. The van der Waals surface area contributed by atoms with E-state index in [-0.39, 0.29) is 11.8 Å². The van der Waals surface area contributed by atoms with Crippen LogP contribution in [0.15, 0.2) is 40.1 Å². The normalized spacial score (nSPS) is 16.5. The number of nitro benzene ring substituents is 1. The highest BCUT2D eigenvalue weighted by molar-refractivity contribution is 5.78. The largest absolute Gasteiger partial charge is 0.376 e. The van der Waals surface area contributed by atoms with Crippen LogP contribution in [0.3, 0.4) is 0 Å². The van der Waals surface area contributed by atoms with Gasteiger partial charge in [-0.05, 0) is 25.0 Å². The average Bonchev–Trinajstić information content (AvgIpc) is 3.48. The van der Waals surface area contributed by atoms with E-state index in [0.717, 1.165) is 28.7 Å². The van der Waals surface area contributed by atoms with Gasteiger partial charge in [-0.15, -0.1) is 0 Å². The Balaban J connectivity index is 1.79. The van der Waals surface area contributed by atoms with E-state index in [1.165, 1.54) is 23.7 Å². The maximum atomic E-state index is 12.9. The molecule has 11 heteroatoms. The highest BCUT2D eigenvalue weighted by Crippen LogP contribution is 2.28. The minimum absolute atomic E-state index is 0.0000731. The molecule has 1 aliphatic heterocycles. The van der Waals surface area contributed by atoms with Gasteiger partial charge in [0.1, 0.15) is 0 Å². The quantitative estimate of drug-likeness (QED) is 0.361. The number of nitro groups is 1. The van der Waals surface area contributed by atoms with Gasteiger partial charge in [0.05, 0.1) is 23.3 Å². The summed E-state index contributed by atoms with van der Waals surface area (Å²) in [7, 11) is 3.02. The predicted octanol–water partition coefficient (Wildman–Crippen LogP) is 1.44. The highest BCUT2D eigenvalue weighted by atomic mass is 16.6. The molecular weight excluding hydrogens is 404 g/mol. The third-order valence-corrected chi connectivity index (χ3v) is 5.84. The molecule has 0 amide bonds. The Morgan fingerprint density at radius 3 is 2.58 bits per heavy atom. The zero-order valence-corrected chi connectivity index (χ0v) is 17.0. The molecule has 1 atom stereocenters. The van der Waals surface area contributed by atoms with Crippen LogP contribution in [-0.2, 0) is 25.4 Å². The molecule has 3 aromatic heterocycles. The molecule has 1 aromatic carbocycles. The minimum atomic E-state index is -0.445. The van der Waals surface area contributed by atoms with Crippen molar-refractivity contribution in [1.29, 1.82) is 0 Å². The summed E-state index contributed by atoms with van der Waals surface area (Å²) >= 11 is 0. The van der Waals surface area contributed by atoms with Crippen LogP contribution >= 0.6 is 0 Å². The molecule has 5 rings (SSSR count). The first kappa shape index (κ1) is 19.2. The minimum Gasteiger partial charge on any atom is -0.376 e. The van der Waals surface area contributed by atoms with Crippen molar-refractivity contribution in [2.75, 3.05) is 6.61 Å². The maximum Gasteiger partial charge on any atom is 0.332 e. The van der Waals surface area contributed by atoms with Crippen LogP contribution < -0.4 is 11.2 Å². The summed E-state index contributed by atoms with van der Waals surface area (Å²) < 4.78 is 11.8. The van der Waals surface area contributed by atoms with E-state index in [1.54, 1.807) is 29.8 Å². The molecule has 1 aliphatic rings. The topological polar surface area (TPSA) is 119 Å². The summed E-state index contributed by atoms with van der Waals surface area (Å²) in [6.45, 7) is 1.21. The first-order chi connectivity index (χ1) is 14.9. The van der Waals surface area contributed by atoms with Crippen molar-refractivity contribution in [3.05, 3.63) is 61.4 Å².